The zero-order valence-electron chi connectivity index (χ0n) is 13.4. The lowest BCUT2D eigenvalue weighted by Crippen LogP contribution is -2.17. The Morgan fingerprint density at radius 3 is 2.48 bits per heavy atom. The minimum atomic E-state index is -0.630. The molecule has 0 bridgehead atoms. The lowest BCUT2D eigenvalue weighted by atomic mass is 10.1. The molecular formula is C16H15N3O6. The van der Waals surface area contributed by atoms with Crippen molar-refractivity contribution < 1.29 is 24.3 Å². The van der Waals surface area contributed by atoms with E-state index in [0.29, 0.717) is 11.3 Å². The fourth-order valence-electron chi connectivity index (χ4n) is 1.94. The van der Waals surface area contributed by atoms with Gasteiger partial charge in [0.15, 0.2) is 11.5 Å². The van der Waals surface area contributed by atoms with Crippen LogP contribution in [-0.2, 0) is 0 Å². The second-order valence-corrected chi connectivity index (χ2v) is 4.77. The summed E-state index contributed by atoms with van der Waals surface area (Å²) in [5.41, 5.74) is 2.36. The summed E-state index contributed by atoms with van der Waals surface area (Å²) in [7, 11) is 2.78. The third-order valence-electron chi connectivity index (χ3n) is 3.24. The van der Waals surface area contributed by atoms with E-state index in [0.717, 1.165) is 18.3 Å². The highest BCUT2D eigenvalue weighted by Gasteiger charge is 2.15. The number of phenols is 1. The van der Waals surface area contributed by atoms with E-state index in [-0.39, 0.29) is 22.7 Å². The van der Waals surface area contributed by atoms with Crippen molar-refractivity contribution in [3.63, 3.8) is 0 Å². The van der Waals surface area contributed by atoms with Gasteiger partial charge in [-0.1, -0.05) is 0 Å². The number of non-ortho nitro benzene ring substituents is 1. The third kappa shape index (κ3) is 4.22. The Morgan fingerprint density at radius 2 is 1.92 bits per heavy atom. The first kappa shape index (κ1) is 17.7. The molecule has 130 valence electrons. The Balaban J connectivity index is 2.16. The van der Waals surface area contributed by atoms with Gasteiger partial charge >= 0.3 is 0 Å². The van der Waals surface area contributed by atoms with Gasteiger partial charge in [-0.25, -0.2) is 5.43 Å². The van der Waals surface area contributed by atoms with Crippen molar-refractivity contribution in [3.05, 3.63) is 57.6 Å². The third-order valence-corrected chi connectivity index (χ3v) is 3.24. The Labute approximate surface area is 142 Å². The predicted octanol–water partition coefficient (Wildman–Crippen LogP) is 2.08. The lowest BCUT2D eigenvalue weighted by Gasteiger charge is -2.06. The number of hydrazone groups is 1. The van der Waals surface area contributed by atoms with Crippen molar-refractivity contribution in [2.45, 2.75) is 0 Å². The number of phenolic OH excluding ortho intramolecular Hbond substituents is 1. The molecule has 1 amide bonds. The van der Waals surface area contributed by atoms with Crippen molar-refractivity contribution >= 4 is 17.8 Å². The number of ether oxygens (including phenoxy) is 2. The molecule has 2 N–H and O–H groups in total. The summed E-state index contributed by atoms with van der Waals surface area (Å²) in [6, 6.07) is 8.55. The molecule has 2 aromatic carbocycles. The zero-order valence-corrected chi connectivity index (χ0v) is 13.4. The van der Waals surface area contributed by atoms with Crippen LogP contribution >= 0.6 is 0 Å². The molecule has 0 spiro atoms. The monoisotopic (exact) mass is 345 g/mol. The second kappa shape index (κ2) is 7.77. The van der Waals surface area contributed by atoms with Crippen molar-refractivity contribution in [3.8, 4) is 17.2 Å². The van der Waals surface area contributed by atoms with Gasteiger partial charge in [-0.2, -0.15) is 5.10 Å². The van der Waals surface area contributed by atoms with Gasteiger partial charge in [0.25, 0.3) is 11.6 Å². The van der Waals surface area contributed by atoms with Crippen LogP contribution in [0.5, 0.6) is 17.2 Å². The smallest absolute Gasteiger partial charge is 0.274 e. The van der Waals surface area contributed by atoms with Crippen LogP contribution in [0.15, 0.2) is 41.5 Å². The van der Waals surface area contributed by atoms with Crippen LogP contribution < -0.4 is 14.9 Å². The van der Waals surface area contributed by atoms with Crippen molar-refractivity contribution in [1.82, 2.24) is 5.43 Å². The number of nitrogens with one attached hydrogen (secondary N) is 1. The predicted molar refractivity (Wildman–Crippen MR) is 89.4 cm³/mol. The maximum Gasteiger partial charge on any atom is 0.274 e. The summed E-state index contributed by atoms with van der Waals surface area (Å²) in [6.07, 6.45) is 1.09. The summed E-state index contributed by atoms with van der Waals surface area (Å²) in [4.78, 5) is 22.2. The van der Waals surface area contributed by atoms with E-state index in [1.165, 1.54) is 14.2 Å². The number of methoxy groups -OCH3 is 2. The Hall–Kier alpha value is -3.62. The van der Waals surface area contributed by atoms with Crippen LogP contribution in [0.3, 0.4) is 0 Å². The molecule has 0 aliphatic carbocycles. The summed E-state index contributed by atoms with van der Waals surface area (Å²) in [5, 5.41) is 24.6. The van der Waals surface area contributed by atoms with Crippen LogP contribution in [0.4, 0.5) is 5.69 Å². The molecule has 0 radical (unpaired) electrons. The summed E-state index contributed by atoms with van der Waals surface area (Å²) in [6.45, 7) is 0. The van der Waals surface area contributed by atoms with Gasteiger partial charge in [0, 0.05) is 17.2 Å². The molecule has 9 nitrogen and oxygen atoms in total. The number of hydrogen-bond donors (Lipinski definition) is 2. The Bertz CT molecular complexity index is 817. The molecule has 2 rings (SSSR count). The molecule has 0 fully saturated rings. The van der Waals surface area contributed by atoms with Gasteiger partial charge < -0.3 is 14.6 Å². The first-order valence-electron chi connectivity index (χ1n) is 6.99. The maximum absolute atomic E-state index is 12.0. The van der Waals surface area contributed by atoms with E-state index < -0.39 is 10.8 Å². The highest BCUT2D eigenvalue weighted by molar-refractivity contribution is 5.95. The SMILES string of the molecule is COc1ccc(C(=O)NN=Cc2cc([N+](=O)[O-])cc(OC)c2O)cc1. The topological polar surface area (TPSA) is 123 Å². The highest BCUT2D eigenvalue weighted by atomic mass is 16.6. The summed E-state index contributed by atoms with van der Waals surface area (Å²) < 4.78 is 9.88. The molecule has 0 saturated carbocycles. The molecule has 0 unspecified atom stereocenters. The number of amides is 1. The molecule has 0 saturated heterocycles. The van der Waals surface area contributed by atoms with E-state index in [9.17, 15) is 20.0 Å². The number of carbonyl (C=O) groups is 1. The van der Waals surface area contributed by atoms with Gasteiger partial charge in [-0.05, 0) is 24.3 Å². The van der Waals surface area contributed by atoms with E-state index in [2.05, 4.69) is 10.5 Å². The van der Waals surface area contributed by atoms with E-state index in [1.807, 2.05) is 0 Å². The van der Waals surface area contributed by atoms with Crippen LogP contribution in [0, 0.1) is 10.1 Å². The fourth-order valence-corrected chi connectivity index (χ4v) is 1.94. The minimum absolute atomic E-state index is 0.0288. The largest absolute Gasteiger partial charge is 0.504 e. The van der Waals surface area contributed by atoms with Gasteiger partial charge in [-0.3, -0.25) is 14.9 Å². The first-order valence-corrected chi connectivity index (χ1v) is 6.99. The van der Waals surface area contributed by atoms with Crippen LogP contribution in [0.2, 0.25) is 0 Å². The molecule has 2 aromatic rings. The van der Waals surface area contributed by atoms with Gasteiger partial charge in [0.2, 0.25) is 0 Å². The van der Waals surface area contributed by atoms with Crippen molar-refractivity contribution in [2.24, 2.45) is 5.10 Å². The number of nitro benzene ring substituents is 1. The van der Waals surface area contributed by atoms with Crippen molar-refractivity contribution in [2.75, 3.05) is 14.2 Å². The lowest BCUT2D eigenvalue weighted by molar-refractivity contribution is -0.385. The number of aromatic hydroxyl groups is 1. The van der Waals surface area contributed by atoms with Crippen LogP contribution in [-0.4, -0.2) is 36.4 Å². The highest BCUT2D eigenvalue weighted by Crippen LogP contribution is 2.33. The standard InChI is InChI=1S/C16H15N3O6/c1-24-13-5-3-10(4-6-13)16(21)18-17-9-11-7-12(19(22)23)8-14(25-2)15(11)20/h3-9,20H,1-2H3,(H,18,21). The molecular weight excluding hydrogens is 330 g/mol. The number of nitro groups is 1. The fraction of sp³-hybridized carbons (Fsp3) is 0.125. The van der Waals surface area contributed by atoms with Crippen LogP contribution in [0.25, 0.3) is 0 Å². The molecule has 0 atom stereocenters. The second-order valence-electron chi connectivity index (χ2n) is 4.77. The van der Waals surface area contributed by atoms with E-state index in [4.69, 9.17) is 9.47 Å². The summed E-state index contributed by atoms with van der Waals surface area (Å²) in [5.74, 6) is -0.280. The quantitative estimate of drug-likeness (QED) is 0.469. The molecule has 9 heteroatoms. The number of benzene rings is 2. The zero-order chi connectivity index (χ0) is 18.4. The molecule has 0 heterocycles. The first-order chi connectivity index (χ1) is 12.0. The number of nitrogens with zero attached hydrogens (tertiary/aromatic N) is 2. The van der Waals surface area contributed by atoms with Gasteiger partial charge in [0.1, 0.15) is 5.75 Å². The molecule has 0 aliphatic heterocycles. The maximum atomic E-state index is 12.0. The normalized spacial score (nSPS) is 10.5. The minimum Gasteiger partial charge on any atom is -0.504 e. The average Bonchev–Trinajstić information content (AvgIpc) is 2.62. The average molecular weight is 345 g/mol. The van der Waals surface area contributed by atoms with Gasteiger partial charge in [0.05, 0.1) is 31.4 Å². The number of rotatable bonds is 6. The molecule has 0 aliphatic rings. The number of hydrogen-bond acceptors (Lipinski definition) is 7. The molecule has 25 heavy (non-hydrogen) atoms. The van der Waals surface area contributed by atoms with E-state index >= 15 is 0 Å². The Morgan fingerprint density at radius 1 is 1.24 bits per heavy atom. The van der Waals surface area contributed by atoms with Crippen LogP contribution in [0.1, 0.15) is 15.9 Å². The van der Waals surface area contributed by atoms with Crippen molar-refractivity contribution in [1.29, 1.82) is 0 Å². The number of carbonyl (C=O) groups excluding carboxylic acids is 1. The molecule has 0 aromatic heterocycles. The Kier molecular flexibility index (Phi) is 5.51. The van der Waals surface area contributed by atoms with E-state index in [1.54, 1.807) is 24.3 Å². The van der Waals surface area contributed by atoms with Gasteiger partial charge in [-0.15, -0.1) is 0 Å². The summed E-state index contributed by atoms with van der Waals surface area (Å²) >= 11 is 0.